The van der Waals surface area contributed by atoms with Gasteiger partial charge in [0, 0.05) is 56.9 Å². The van der Waals surface area contributed by atoms with Crippen LogP contribution in [0.3, 0.4) is 0 Å². The first kappa shape index (κ1) is 29.0. The Morgan fingerprint density at radius 2 is 1.67 bits per heavy atom. The van der Waals surface area contributed by atoms with Crippen molar-refractivity contribution in [1.82, 2.24) is 19.7 Å². The van der Waals surface area contributed by atoms with E-state index in [4.69, 9.17) is 4.99 Å². The highest BCUT2D eigenvalue weighted by Gasteiger charge is 2.25. The van der Waals surface area contributed by atoms with Crippen LogP contribution >= 0.6 is 0 Å². The molecule has 1 aliphatic heterocycles. The number of amides is 2. The summed E-state index contributed by atoms with van der Waals surface area (Å²) in [5.74, 6) is -0.134. The molecule has 1 fully saturated rings. The number of rotatable bonds is 7. The van der Waals surface area contributed by atoms with Crippen LogP contribution in [0.5, 0.6) is 5.88 Å². The number of nitrogens with zero attached hydrogens (tertiary/aromatic N) is 5. The van der Waals surface area contributed by atoms with Crippen molar-refractivity contribution >= 4 is 39.9 Å². The third-order valence-electron chi connectivity index (χ3n) is 7.92. The van der Waals surface area contributed by atoms with E-state index in [1.807, 2.05) is 79.7 Å². The second-order valence-electron chi connectivity index (χ2n) is 10.7. The van der Waals surface area contributed by atoms with E-state index in [1.165, 1.54) is 11.6 Å². The fourth-order valence-corrected chi connectivity index (χ4v) is 5.28. The standard InChI is InChI=1S/C33H38N6O3/c1-5-23-11-16-27-28(21-23)39(33(42)34-2)32(41)30(27)31(24-9-7-6-8-10-24)35-25-12-14-26(15-13-25)37(4)29(40)22-38-19-17-36(3)18-20-38/h6-16,21,41H,5,17-20,22H2,1-4H3,(H,34,42). The fraction of sp³-hybridized carbons (Fsp3) is 0.303. The molecule has 0 bridgehead atoms. The number of aliphatic imine (C=N–C) groups is 1. The summed E-state index contributed by atoms with van der Waals surface area (Å²) in [5.41, 5.74) is 4.91. The van der Waals surface area contributed by atoms with Crippen LogP contribution in [0.2, 0.25) is 0 Å². The Balaban J connectivity index is 1.52. The van der Waals surface area contributed by atoms with Crippen LogP contribution in [0.15, 0.2) is 77.8 Å². The van der Waals surface area contributed by atoms with Crippen LogP contribution in [-0.4, -0.2) is 91.0 Å². The normalized spacial score (nSPS) is 14.7. The maximum absolute atomic E-state index is 13.0. The van der Waals surface area contributed by atoms with Gasteiger partial charge in [0.15, 0.2) is 0 Å². The van der Waals surface area contributed by atoms with E-state index in [1.54, 1.807) is 11.9 Å². The summed E-state index contributed by atoms with van der Waals surface area (Å²) in [5, 5.41) is 14.8. The van der Waals surface area contributed by atoms with Gasteiger partial charge in [-0.2, -0.15) is 0 Å². The van der Waals surface area contributed by atoms with Gasteiger partial charge in [0.25, 0.3) is 0 Å². The molecule has 0 unspecified atom stereocenters. The Bertz CT molecular complexity index is 1600. The maximum atomic E-state index is 13.0. The summed E-state index contributed by atoms with van der Waals surface area (Å²) in [6, 6.07) is 22.5. The molecule has 2 heterocycles. The molecule has 0 radical (unpaired) electrons. The van der Waals surface area contributed by atoms with E-state index in [-0.39, 0.29) is 11.8 Å². The number of aryl methyl sites for hydroxylation is 1. The van der Waals surface area contributed by atoms with Crippen molar-refractivity contribution in [1.29, 1.82) is 0 Å². The maximum Gasteiger partial charge on any atom is 0.328 e. The first-order valence-corrected chi connectivity index (χ1v) is 14.3. The molecule has 218 valence electrons. The predicted molar refractivity (Wildman–Crippen MR) is 168 cm³/mol. The van der Waals surface area contributed by atoms with Crippen LogP contribution in [-0.2, 0) is 11.2 Å². The van der Waals surface area contributed by atoms with Gasteiger partial charge in [-0.05, 0) is 49.4 Å². The molecule has 3 aromatic carbocycles. The number of likely N-dealkylation sites (N-methyl/N-ethyl adjacent to an activating group) is 2. The molecule has 0 aliphatic carbocycles. The number of carbonyl (C=O) groups is 2. The van der Waals surface area contributed by atoms with Gasteiger partial charge in [-0.25, -0.2) is 14.4 Å². The van der Waals surface area contributed by atoms with Crippen LogP contribution in [0.4, 0.5) is 16.2 Å². The number of anilines is 1. The van der Waals surface area contributed by atoms with Crippen molar-refractivity contribution in [2.24, 2.45) is 4.99 Å². The van der Waals surface area contributed by atoms with E-state index in [2.05, 4.69) is 22.2 Å². The van der Waals surface area contributed by atoms with Crippen molar-refractivity contribution in [3.05, 3.63) is 89.5 Å². The van der Waals surface area contributed by atoms with E-state index in [0.717, 1.165) is 54.8 Å². The highest BCUT2D eigenvalue weighted by Crippen LogP contribution is 2.35. The Morgan fingerprint density at radius 1 is 0.976 bits per heavy atom. The number of aromatic hydroxyl groups is 1. The zero-order valence-electron chi connectivity index (χ0n) is 24.7. The number of hydrogen-bond acceptors (Lipinski definition) is 6. The van der Waals surface area contributed by atoms with E-state index >= 15 is 0 Å². The first-order valence-electron chi connectivity index (χ1n) is 14.3. The molecule has 2 amide bonds. The van der Waals surface area contributed by atoms with Gasteiger partial charge in [-0.3, -0.25) is 9.69 Å². The summed E-state index contributed by atoms with van der Waals surface area (Å²) >= 11 is 0. The predicted octanol–water partition coefficient (Wildman–Crippen LogP) is 4.48. The Kier molecular flexibility index (Phi) is 8.70. The molecule has 42 heavy (non-hydrogen) atoms. The molecule has 9 heteroatoms. The molecular formula is C33H38N6O3. The molecule has 1 saturated heterocycles. The molecule has 2 N–H and O–H groups in total. The number of piperazine rings is 1. The molecule has 1 aromatic heterocycles. The summed E-state index contributed by atoms with van der Waals surface area (Å²) in [4.78, 5) is 37.0. The highest BCUT2D eigenvalue weighted by molar-refractivity contribution is 6.23. The third-order valence-corrected chi connectivity index (χ3v) is 7.92. The molecule has 5 rings (SSSR count). The van der Waals surface area contributed by atoms with Crippen molar-refractivity contribution in [2.75, 3.05) is 58.8 Å². The smallest absolute Gasteiger partial charge is 0.328 e. The third kappa shape index (κ3) is 5.93. The Labute approximate surface area is 246 Å². The fourth-order valence-electron chi connectivity index (χ4n) is 5.28. The van der Waals surface area contributed by atoms with Crippen molar-refractivity contribution in [3.8, 4) is 5.88 Å². The van der Waals surface area contributed by atoms with Crippen molar-refractivity contribution in [2.45, 2.75) is 13.3 Å². The van der Waals surface area contributed by atoms with Gasteiger partial charge in [0.1, 0.15) is 0 Å². The van der Waals surface area contributed by atoms with Gasteiger partial charge in [-0.1, -0.05) is 49.4 Å². The van der Waals surface area contributed by atoms with Gasteiger partial charge in [0.2, 0.25) is 11.8 Å². The lowest BCUT2D eigenvalue weighted by Gasteiger charge is -2.32. The molecule has 0 atom stereocenters. The van der Waals surface area contributed by atoms with Gasteiger partial charge < -0.3 is 20.2 Å². The number of carbonyl (C=O) groups excluding carboxylic acids is 2. The molecular weight excluding hydrogens is 528 g/mol. The second kappa shape index (κ2) is 12.6. The number of nitrogens with one attached hydrogen (secondary N) is 1. The molecule has 0 spiro atoms. The Morgan fingerprint density at radius 3 is 2.31 bits per heavy atom. The summed E-state index contributed by atoms with van der Waals surface area (Å²) in [7, 11) is 5.43. The lowest BCUT2D eigenvalue weighted by atomic mass is 10.00. The minimum Gasteiger partial charge on any atom is -0.494 e. The topological polar surface area (TPSA) is 93.4 Å². The lowest BCUT2D eigenvalue weighted by Crippen LogP contribution is -2.48. The van der Waals surface area contributed by atoms with Gasteiger partial charge in [0.05, 0.1) is 29.0 Å². The average molecular weight is 567 g/mol. The molecule has 1 aliphatic rings. The van der Waals surface area contributed by atoms with E-state index in [0.29, 0.717) is 29.0 Å². The quantitative estimate of drug-likeness (QED) is 0.322. The molecule has 9 nitrogen and oxygen atoms in total. The molecule has 0 saturated carbocycles. The van der Waals surface area contributed by atoms with Crippen LogP contribution in [0.1, 0.15) is 23.6 Å². The minimum absolute atomic E-state index is 0.0409. The van der Waals surface area contributed by atoms with Crippen molar-refractivity contribution in [3.63, 3.8) is 0 Å². The summed E-state index contributed by atoms with van der Waals surface area (Å²) < 4.78 is 1.30. The van der Waals surface area contributed by atoms with Crippen molar-refractivity contribution < 1.29 is 14.7 Å². The lowest BCUT2D eigenvalue weighted by molar-refractivity contribution is -0.119. The monoisotopic (exact) mass is 566 g/mol. The molecule has 4 aromatic rings. The average Bonchev–Trinajstić information content (AvgIpc) is 3.31. The van der Waals surface area contributed by atoms with Crippen LogP contribution < -0.4 is 10.2 Å². The van der Waals surface area contributed by atoms with Crippen LogP contribution in [0, 0.1) is 0 Å². The zero-order valence-corrected chi connectivity index (χ0v) is 24.7. The Hall–Kier alpha value is -4.47. The first-order chi connectivity index (χ1) is 20.3. The van der Waals surface area contributed by atoms with E-state index in [9.17, 15) is 14.7 Å². The van der Waals surface area contributed by atoms with E-state index < -0.39 is 6.03 Å². The summed E-state index contributed by atoms with van der Waals surface area (Å²) in [6.45, 7) is 6.13. The SMILES string of the molecule is CCc1ccc2c(C(=Nc3ccc(N(C)C(=O)CN4CCN(C)CC4)cc3)c3ccccc3)c(O)n(C(=O)NC)c2c1. The number of benzene rings is 3. The van der Waals surface area contributed by atoms with Crippen LogP contribution in [0.25, 0.3) is 10.9 Å². The largest absolute Gasteiger partial charge is 0.494 e. The second-order valence-corrected chi connectivity index (χ2v) is 10.7. The number of aromatic nitrogens is 1. The van der Waals surface area contributed by atoms with Gasteiger partial charge >= 0.3 is 6.03 Å². The van der Waals surface area contributed by atoms with Gasteiger partial charge in [-0.15, -0.1) is 0 Å². The zero-order chi connectivity index (χ0) is 29.8. The summed E-state index contributed by atoms with van der Waals surface area (Å²) in [6.07, 6.45) is 0.795. The number of hydrogen-bond donors (Lipinski definition) is 2. The number of fused-ring (bicyclic) bond motifs is 1. The highest BCUT2D eigenvalue weighted by atomic mass is 16.3. The minimum atomic E-state index is -0.432.